The Hall–Kier alpha value is -0.740. The Morgan fingerprint density at radius 3 is 2.48 bits per heavy atom. The third-order valence-electron chi connectivity index (χ3n) is 3.20. The molecule has 126 valence electrons. The van der Waals surface area contributed by atoms with Crippen LogP contribution in [-0.4, -0.2) is 96.0 Å². The van der Waals surface area contributed by atoms with Crippen LogP contribution in [0.2, 0.25) is 0 Å². The summed E-state index contributed by atoms with van der Waals surface area (Å²) in [6, 6.07) is 0. The van der Waals surface area contributed by atoms with Crippen molar-refractivity contribution >= 4 is 15.9 Å². The number of carbonyl (C=O) groups is 1. The van der Waals surface area contributed by atoms with Crippen molar-refractivity contribution < 1.29 is 24.1 Å². The molecule has 1 rings (SSSR count). The van der Waals surface area contributed by atoms with Gasteiger partial charge in [0.1, 0.15) is 6.61 Å². The average molecular weight is 325 g/mol. The van der Waals surface area contributed by atoms with E-state index in [0.717, 1.165) is 19.6 Å². The molecule has 0 bridgehead atoms. The molecule has 8 nitrogen and oxygen atoms in total. The molecule has 1 aliphatic heterocycles. The van der Waals surface area contributed by atoms with Gasteiger partial charge in [-0.2, -0.15) is 4.31 Å². The molecule has 21 heavy (non-hydrogen) atoms. The molecule has 0 spiro atoms. The Kier molecular flexibility index (Phi) is 8.12. The minimum absolute atomic E-state index is 0. The van der Waals surface area contributed by atoms with Crippen LogP contribution >= 0.6 is 0 Å². The predicted molar refractivity (Wildman–Crippen MR) is 80.7 cm³/mol. The van der Waals surface area contributed by atoms with Gasteiger partial charge in [0, 0.05) is 47.8 Å². The van der Waals surface area contributed by atoms with Crippen LogP contribution in [0.15, 0.2) is 0 Å². The van der Waals surface area contributed by atoms with E-state index in [1.54, 1.807) is 0 Å². The van der Waals surface area contributed by atoms with Gasteiger partial charge in [0.2, 0.25) is 15.9 Å². The number of amides is 1. The van der Waals surface area contributed by atoms with E-state index in [4.69, 9.17) is 4.74 Å². The van der Waals surface area contributed by atoms with Gasteiger partial charge in [0.25, 0.3) is 0 Å². The predicted octanol–water partition coefficient (Wildman–Crippen LogP) is -1.41. The number of methoxy groups -OCH3 is 1. The maximum Gasteiger partial charge on any atom is 0.246 e. The first kappa shape index (κ1) is 18.3. The molecule has 1 aliphatic rings. The van der Waals surface area contributed by atoms with Crippen molar-refractivity contribution in [1.82, 2.24) is 14.5 Å². The first-order chi connectivity index (χ1) is 9.93. The lowest BCUT2D eigenvalue weighted by molar-refractivity contribution is -0.124. The van der Waals surface area contributed by atoms with Crippen molar-refractivity contribution in [3.05, 3.63) is 0 Å². The molecule has 0 radical (unpaired) electrons. The highest BCUT2D eigenvalue weighted by molar-refractivity contribution is 7.88. The van der Waals surface area contributed by atoms with Crippen LogP contribution in [-0.2, 0) is 24.3 Å². The van der Waals surface area contributed by atoms with Crippen LogP contribution in [0.4, 0.5) is 0 Å². The average Bonchev–Trinajstić information content (AvgIpc) is 2.42. The minimum atomic E-state index is -3.07. The summed E-state index contributed by atoms with van der Waals surface area (Å²) in [6.45, 7) is 4.83. The molecule has 0 atom stereocenters. The number of carbonyl (C=O) groups excluding carboxylic acids is 1. The molecular formula is C12H27N3O5S. The summed E-state index contributed by atoms with van der Waals surface area (Å²) in [6.07, 6.45) is 1.24. The molecule has 9 heteroatoms. The number of hydrogen-bond donors (Lipinski definition) is 1. The first-order valence-electron chi connectivity index (χ1n) is 6.94. The lowest BCUT2D eigenvalue weighted by Crippen LogP contribution is -2.49. The molecule has 1 saturated heterocycles. The topological polar surface area (TPSA) is 88.2 Å². The third-order valence-corrected chi connectivity index (χ3v) is 4.50. The first-order valence-corrected chi connectivity index (χ1v) is 8.79. The van der Waals surface area contributed by atoms with Crippen LogP contribution in [0, 0.1) is 0 Å². The van der Waals surface area contributed by atoms with Gasteiger partial charge in [-0.15, -0.1) is 0 Å². The number of sulfonamides is 1. The van der Waals surface area contributed by atoms with E-state index < -0.39 is 10.0 Å². The highest BCUT2D eigenvalue weighted by Crippen LogP contribution is 2.05. The molecule has 1 fully saturated rings. The van der Waals surface area contributed by atoms with E-state index in [-0.39, 0.29) is 13.9 Å². The molecule has 0 aromatic rings. The number of nitrogens with one attached hydrogen (secondary N) is 1. The lowest BCUT2D eigenvalue weighted by atomic mass is 10.3. The van der Waals surface area contributed by atoms with Crippen LogP contribution in [0.1, 0.15) is 1.43 Å². The molecule has 1 amide bonds. The fourth-order valence-corrected chi connectivity index (χ4v) is 2.85. The van der Waals surface area contributed by atoms with Crippen molar-refractivity contribution in [2.45, 2.75) is 0 Å². The Morgan fingerprint density at radius 2 is 1.90 bits per heavy atom. The van der Waals surface area contributed by atoms with Crippen molar-refractivity contribution in [2.24, 2.45) is 0 Å². The van der Waals surface area contributed by atoms with Crippen LogP contribution in [0.25, 0.3) is 0 Å². The third kappa shape index (κ3) is 7.72. The molecule has 0 aromatic carbocycles. The van der Waals surface area contributed by atoms with Gasteiger partial charge in [-0.05, 0) is 0 Å². The number of rotatable bonds is 9. The summed E-state index contributed by atoms with van der Waals surface area (Å²) in [7, 11) is -1.60. The van der Waals surface area contributed by atoms with Gasteiger partial charge in [-0.25, -0.2) is 8.42 Å². The molecular weight excluding hydrogens is 298 g/mol. The Morgan fingerprint density at radius 1 is 1.24 bits per heavy atom. The van der Waals surface area contributed by atoms with Crippen molar-refractivity contribution in [3.63, 3.8) is 0 Å². The van der Waals surface area contributed by atoms with Crippen molar-refractivity contribution in [2.75, 3.05) is 72.5 Å². The quantitative estimate of drug-likeness (QED) is 0.524. The van der Waals surface area contributed by atoms with Crippen LogP contribution in [0.5, 0.6) is 0 Å². The zero-order valence-corrected chi connectivity index (χ0v) is 13.5. The number of piperazine rings is 1. The minimum Gasteiger partial charge on any atom is -0.378 e. The maximum atomic E-state index is 11.4. The van der Waals surface area contributed by atoms with Gasteiger partial charge in [-0.3, -0.25) is 9.69 Å². The molecule has 1 heterocycles. The molecule has 1 N–H and O–H groups in total. The summed E-state index contributed by atoms with van der Waals surface area (Å²) in [5.74, 6) is -0.155. The van der Waals surface area contributed by atoms with Gasteiger partial charge in [-0.1, -0.05) is 0 Å². The second-order valence-corrected chi connectivity index (χ2v) is 6.88. The summed E-state index contributed by atoms with van der Waals surface area (Å²) in [5.41, 5.74) is 0. The smallest absolute Gasteiger partial charge is 0.246 e. The van der Waals surface area contributed by atoms with E-state index >= 15 is 0 Å². The highest BCUT2D eigenvalue weighted by atomic mass is 32.2. The lowest BCUT2D eigenvalue weighted by Gasteiger charge is -2.33. The largest absolute Gasteiger partial charge is 0.378 e. The van der Waals surface area contributed by atoms with E-state index in [2.05, 4.69) is 15.0 Å². The molecule has 0 saturated carbocycles. The van der Waals surface area contributed by atoms with Crippen molar-refractivity contribution in [3.8, 4) is 0 Å². The fraction of sp³-hybridized carbons (Fsp3) is 0.917. The van der Waals surface area contributed by atoms with Crippen LogP contribution in [0.3, 0.4) is 0 Å². The van der Waals surface area contributed by atoms with Gasteiger partial charge in [0.15, 0.2) is 0 Å². The monoisotopic (exact) mass is 325 g/mol. The zero-order chi connectivity index (χ0) is 15.7. The zero-order valence-electron chi connectivity index (χ0n) is 12.7. The van der Waals surface area contributed by atoms with Gasteiger partial charge in [0.05, 0.1) is 19.5 Å². The number of hydrogen-bond acceptors (Lipinski definition) is 6. The van der Waals surface area contributed by atoms with Gasteiger partial charge >= 0.3 is 0 Å². The van der Waals surface area contributed by atoms with E-state index in [1.165, 1.54) is 17.7 Å². The summed E-state index contributed by atoms with van der Waals surface area (Å²) in [5, 5.41) is 2.67. The highest BCUT2D eigenvalue weighted by Gasteiger charge is 2.22. The maximum absolute atomic E-state index is 11.4. The normalized spacial score (nSPS) is 17.8. The SMILES string of the molecule is COCC(=O)NCCOCCN1CCN(S(C)(=O)=O)CC1.[HH]. The second kappa shape index (κ2) is 9.31. The summed E-state index contributed by atoms with van der Waals surface area (Å²) >= 11 is 0. The second-order valence-electron chi connectivity index (χ2n) is 4.90. The summed E-state index contributed by atoms with van der Waals surface area (Å²) < 4.78 is 34.3. The molecule has 0 unspecified atom stereocenters. The standard InChI is InChI=1S/C12H25N3O5S.H2/c1-19-11-12(16)13-3-9-20-10-8-14-4-6-15(7-5-14)21(2,17)18;/h3-11H2,1-2H3,(H,13,16);1H. The Bertz CT molecular complexity index is 413. The Labute approximate surface area is 127 Å². The number of ether oxygens (including phenoxy) is 2. The van der Waals surface area contributed by atoms with Gasteiger partial charge < -0.3 is 14.8 Å². The van der Waals surface area contributed by atoms with Crippen molar-refractivity contribution in [1.29, 1.82) is 0 Å². The molecule has 0 aromatic heterocycles. The van der Waals surface area contributed by atoms with Crippen LogP contribution < -0.4 is 5.32 Å². The van der Waals surface area contributed by atoms with E-state index in [0.29, 0.717) is 32.8 Å². The fourth-order valence-electron chi connectivity index (χ4n) is 2.03. The summed E-state index contributed by atoms with van der Waals surface area (Å²) in [4.78, 5) is 13.3. The number of nitrogens with zero attached hydrogens (tertiary/aromatic N) is 2. The van der Waals surface area contributed by atoms with E-state index in [1.807, 2.05) is 0 Å². The Balaban J connectivity index is 0.00000441. The molecule has 0 aliphatic carbocycles. The van der Waals surface area contributed by atoms with E-state index in [9.17, 15) is 13.2 Å².